The van der Waals surface area contributed by atoms with E-state index in [1.807, 2.05) is 20.8 Å². The Morgan fingerprint density at radius 2 is 2.00 bits per heavy atom. The van der Waals surface area contributed by atoms with Crippen LogP contribution in [0.3, 0.4) is 0 Å². The third-order valence-electron chi connectivity index (χ3n) is 1.65. The van der Waals surface area contributed by atoms with E-state index in [0.717, 1.165) is 0 Å². The van der Waals surface area contributed by atoms with Gasteiger partial charge in [0.05, 0.1) is 0 Å². The predicted molar refractivity (Wildman–Crippen MR) is 47.9 cm³/mol. The molecule has 1 rings (SSSR count). The molecular formula is C9H11ClFN. The molecule has 66 valence electrons. The Hall–Kier alpha value is -0.630. The van der Waals surface area contributed by atoms with Gasteiger partial charge in [0.2, 0.25) is 0 Å². The zero-order chi connectivity index (χ0) is 9.35. The van der Waals surface area contributed by atoms with Gasteiger partial charge in [0.25, 0.3) is 0 Å². The molecule has 1 aromatic heterocycles. The fourth-order valence-corrected chi connectivity index (χ4v) is 1.16. The quantitative estimate of drug-likeness (QED) is 0.569. The van der Waals surface area contributed by atoms with Gasteiger partial charge < -0.3 is 0 Å². The van der Waals surface area contributed by atoms with Crippen molar-refractivity contribution in [1.29, 1.82) is 0 Å². The van der Waals surface area contributed by atoms with Crippen molar-refractivity contribution in [2.24, 2.45) is 0 Å². The van der Waals surface area contributed by atoms with Gasteiger partial charge in [-0.2, -0.15) is 0 Å². The van der Waals surface area contributed by atoms with Crippen LogP contribution in [-0.4, -0.2) is 4.98 Å². The van der Waals surface area contributed by atoms with Crippen molar-refractivity contribution >= 4 is 11.6 Å². The molecule has 12 heavy (non-hydrogen) atoms. The van der Waals surface area contributed by atoms with Crippen LogP contribution in [0.4, 0.5) is 4.39 Å². The second-order valence-electron chi connectivity index (χ2n) is 3.71. The lowest BCUT2D eigenvalue weighted by atomic mass is 9.87. The molecule has 0 radical (unpaired) electrons. The van der Waals surface area contributed by atoms with Crippen LogP contribution in [0.25, 0.3) is 0 Å². The number of aromatic nitrogens is 1. The average molecular weight is 188 g/mol. The van der Waals surface area contributed by atoms with E-state index in [9.17, 15) is 4.39 Å². The van der Waals surface area contributed by atoms with Crippen LogP contribution in [0, 0.1) is 5.82 Å². The molecule has 0 aromatic carbocycles. The van der Waals surface area contributed by atoms with Crippen LogP contribution in [0.2, 0.25) is 5.15 Å². The fraction of sp³-hybridized carbons (Fsp3) is 0.444. The van der Waals surface area contributed by atoms with Gasteiger partial charge in [-0.05, 0) is 17.0 Å². The third kappa shape index (κ3) is 1.75. The minimum atomic E-state index is -0.410. The van der Waals surface area contributed by atoms with Gasteiger partial charge in [0.1, 0.15) is 0 Å². The van der Waals surface area contributed by atoms with Gasteiger partial charge in [0.15, 0.2) is 11.0 Å². The second-order valence-corrected chi connectivity index (χ2v) is 4.07. The maximum atomic E-state index is 13.3. The molecule has 0 bridgehead atoms. The zero-order valence-electron chi connectivity index (χ0n) is 7.36. The van der Waals surface area contributed by atoms with E-state index < -0.39 is 5.82 Å². The first-order valence-corrected chi connectivity index (χ1v) is 4.11. The van der Waals surface area contributed by atoms with E-state index >= 15 is 0 Å². The van der Waals surface area contributed by atoms with Crippen molar-refractivity contribution in [3.05, 3.63) is 28.8 Å². The van der Waals surface area contributed by atoms with Crippen molar-refractivity contribution in [2.45, 2.75) is 26.2 Å². The lowest BCUT2D eigenvalue weighted by molar-refractivity contribution is 0.519. The van der Waals surface area contributed by atoms with Gasteiger partial charge in [-0.1, -0.05) is 32.4 Å². The van der Waals surface area contributed by atoms with E-state index in [4.69, 9.17) is 11.6 Å². The Balaban J connectivity index is 3.26. The average Bonchev–Trinajstić information content (AvgIpc) is 1.92. The van der Waals surface area contributed by atoms with Crippen LogP contribution >= 0.6 is 11.6 Å². The molecule has 0 aliphatic carbocycles. The van der Waals surface area contributed by atoms with E-state index in [2.05, 4.69) is 4.98 Å². The van der Waals surface area contributed by atoms with Crippen LogP contribution in [0.5, 0.6) is 0 Å². The lowest BCUT2D eigenvalue weighted by Gasteiger charge is -2.19. The Morgan fingerprint density at radius 3 is 2.42 bits per heavy atom. The molecule has 0 aliphatic rings. The maximum Gasteiger partial charge on any atom is 0.165 e. The zero-order valence-corrected chi connectivity index (χ0v) is 8.11. The summed E-state index contributed by atoms with van der Waals surface area (Å²) in [7, 11) is 0. The Morgan fingerprint density at radius 1 is 1.42 bits per heavy atom. The summed E-state index contributed by atoms with van der Waals surface area (Å²) in [6.45, 7) is 5.80. The van der Waals surface area contributed by atoms with Crippen molar-refractivity contribution < 1.29 is 4.39 Å². The van der Waals surface area contributed by atoms with E-state index in [1.54, 1.807) is 6.07 Å². The third-order valence-corrected chi connectivity index (χ3v) is 1.92. The molecule has 0 aliphatic heterocycles. The smallest absolute Gasteiger partial charge is 0.165 e. The highest BCUT2D eigenvalue weighted by Gasteiger charge is 2.19. The van der Waals surface area contributed by atoms with E-state index in [-0.39, 0.29) is 10.6 Å². The molecule has 0 amide bonds. The molecule has 0 spiro atoms. The number of halogens is 2. The van der Waals surface area contributed by atoms with Crippen molar-refractivity contribution in [1.82, 2.24) is 4.98 Å². The highest BCUT2D eigenvalue weighted by Crippen LogP contribution is 2.27. The molecule has 0 fully saturated rings. The number of nitrogens with zero attached hydrogens (tertiary/aromatic N) is 1. The van der Waals surface area contributed by atoms with Gasteiger partial charge in [-0.3, -0.25) is 0 Å². The summed E-state index contributed by atoms with van der Waals surface area (Å²) in [6.07, 6.45) is 1.52. The minimum absolute atomic E-state index is 0.0533. The summed E-state index contributed by atoms with van der Waals surface area (Å²) in [4.78, 5) is 3.64. The number of hydrogen-bond acceptors (Lipinski definition) is 1. The Kier molecular flexibility index (Phi) is 2.38. The minimum Gasteiger partial charge on any atom is -0.242 e. The SMILES string of the molecule is CC(C)(C)c1ccnc(Cl)c1F. The summed E-state index contributed by atoms with van der Waals surface area (Å²) in [5, 5.41) is -0.0533. The van der Waals surface area contributed by atoms with Gasteiger partial charge in [0, 0.05) is 6.20 Å². The van der Waals surface area contributed by atoms with E-state index in [0.29, 0.717) is 5.56 Å². The summed E-state index contributed by atoms with van der Waals surface area (Å²) < 4.78 is 13.3. The molecular weight excluding hydrogens is 177 g/mol. The Labute approximate surface area is 76.6 Å². The first-order valence-electron chi connectivity index (χ1n) is 3.73. The standard InChI is InChI=1S/C9H11ClFN/c1-9(2,3)6-4-5-12-8(10)7(6)11/h4-5H,1-3H3. The normalized spacial score (nSPS) is 11.8. The molecule has 0 unspecified atom stereocenters. The van der Waals surface area contributed by atoms with Gasteiger partial charge >= 0.3 is 0 Å². The highest BCUT2D eigenvalue weighted by molar-refractivity contribution is 6.29. The monoisotopic (exact) mass is 187 g/mol. The number of rotatable bonds is 0. The first-order chi connectivity index (χ1) is 5.43. The Bertz CT molecular complexity index is 291. The number of pyridine rings is 1. The maximum absolute atomic E-state index is 13.3. The van der Waals surface area contributed by atoms with Crippen LogP contribution in [0.1, 0.15) is 26.3 Å². The summed E-state index contributed by atoms with van der Waals surface area (Å²) in [6, 6.07) is 1.65. The fourth-order valence-electron chi connectivity index (χ4n) is 0.997. The summed E-state index contributed by atoms with van der Waals surface area (Å²) >= 11 is 5.53. The van der Waals surface area contributed by atoms with Crippen LogP contribution in [0.15, 0.2) is 12.3 Å². The molecule has 1 aromatic rings. The van der Waals surface area contributed by atoms with Gasteiger partial charge in [-0.25, -0.2) is 9.37 Å². The molecule has 1 heterocycles. The van der Waals surface area contributed by atoms with Crippen molar-refractivity contribution in [2.75, 3.05) is 0 Å². The molecule has 3 heteroatoms. The molecule has 0 saturated heterocycles. The molecule has 0 N–H and O–H groups in total. The molecule has 0 atom stereocenters. The number of hydrogen-bond donors (Lipinski definition) is 0. The molecule has 0 saturated carbocycles. The second kappa shape index (κ2) is 3.02. The van der Waals surface area contributed by atoms with Crippen molar-refractivity contribution in [3.63, 3.8) is 0 Å². The van der Waals surface area contributed by atoms with Crippen LogP contribution in [-0.2, 0) is 5.41 Å². The topological polar surface area (TPSA) is 12.9 Å². The van der Waals surface area contributed by atoms with Gasteiger partial charge in [-0.15, -0.1) is 0 Å². The van der Waals surface area contributed by atoms with Crippen LogP contribution < -0.4 is 0 Å². The van der Waals surface area contributed by atoms with E-state index in [1.165, 1.54) is 6.20 Å². The first kappa shape index (κ1) is 9.46. The predicted octanol–water partition coefficient (Wildman–Crippen LogP) is 3.17. The van der Waals surface area contributed by atoms with Crippen molar-refractivity contribution in [3.8, 4) is 0 Å². The molecule has 1 nitrogen and oxygen atoms in total. The lowest BCUT2D eigenvalue weighted by Crippen LogP contribution is -2.13. The largest absolute Gasteiger partial charge is 0.242 e. The summed E-state index contributed by atoms with van der Waals surface area (Å²) in [5.74, 6) is -0.410. The highest BCUT2D eigenvalue weighted by atomic mass is 35.5. The summed E-state index contributed by atoms with van der Waals surface area (Å²) in [5.41, 5.74) is 0.374.